The molecule has 3 heteroatoms. The van der Waals surface area contributed by atoms with Crippen LogP contribution >= 0.6 is 0 Å². The fourth-order valence-electron chi connectivity index (χ4n) is 2.09. The van der Waals surface area contributed by atoms with Crippen molar-refractivity contribution in [2.75, 3.05) is 0 Å². The molecule has 0 heterocycles. The van der Waals surface area contributed by atoms with Gasteiger partial charge in [0, 0.05) is 0 Å². The molecule has 18 heavy (non-hydrogen) atoms. The summed E-state index contributed by atoms with van der Waals surface area (Å²) in [5.74, 6) is -0.905. The highest BCUT2D eigenvalue weighted by Crippen LogP contribution is 2.17. The van der Waals surface area contributed by atoms with Gasteiger partial charge in [-0.15, -0.1) is 0 Å². The van der Waals surface area contributed by atoms with Crippen molar-refractivity contribution in [1.82, 2.24) is 0 Å². The van der Waals surface area contributed by atoms with Crippen molar-refractivity contribution < 1.29 is 9.90 Å². The number of nitrogens with two attached hydrogens (primary N) is 1. The molecule has 0 saturated heterocycles. The zero-order valence-corrected chi connectivity index (χ0v) is 11.5. The summed E-state index contributed by atoms with van der Waals surface area (Å²) in [5.41, 5.74) is 10.8. The number of benzene rings is 1. The summed E-state index contributed by atoms with van der Waals surface area (Å²) in [7, 11) is 0. The van der Waals surface area contributed by atoms with Gasteiger partial charge in [0.15, 0.2) is 0 Å². The molecule has 1 rings (SSSR count). The first kappa shape index (κ1) is 14.7. The molecule has 3 N–H and O–H groups in total. The van der Waals surface area contributed by atoms with E-state index in [1.54, 1.807) is 0 Å². The summed E-state index contributed by atoms with van der Waals surface area (Å²) in [6.45, 7) is 6.38. The van der Waals surface area contributed by atoms with Crippen molar-refractivity contribution in [2.45, 2.75) is 52.5 Å². The first-order chi connectivity index (χ1) is 8.41. The number of carboxylic acid groups (broad SMARTS) is 1. The van der Waals surface area contributed by atoms with Crippen LogP contribution in [0.1, 0.15) is 41.5 Å². The van der Waals surface area contributed by atoms with Gasteiger partial charge in [-0.25, -0.2) is 0 Å². The van der Waals surface area contributed by atoms with Crippen molar-refractivity contribution >= 4 is 5.97 Å². The lowest BCUT2D eigenvalue weighted by Gasteiger charge is -2.10. The minimum Gasteiger partial charge on any atom is -0.480 e. The van der Waals surface area contributed by atoms with Crippen LogP contribution in [-0.2, 0) is 11.2 Å². The van der Waals surface area contributed by atoms with Crippen LogP contribution < -0.4 is 5.73 Å². The number of hydrogen-bond donors (Lipinski definition) is 2. The predicted octanol–water partition coefficient (Wildman–Crippen LogP) is 2.74. The number of aryl methyl sites for hydroxylation is 4. The molecule has 0 saturated carbocycles. The maximum atomic E-state index is 10.6. The minimum absolute atomic E-state index is 0.555. The molecular weight excluding hydrogens is 226 g/mol. The number of aliphatic carboxylic acids is 1. The maximum absolute atomic E-state index is 10.6. The van der Waals surface area contributed by atoms with E-state index in [4.69, 9.17) is 10.8 Å². The monoisotopic (exact) mass is 249 g/mol. The summed E-state index contributed by atoms with van der Waals surface area (Å²) in [4.78, 5) is 10.6. The molecule has 1 atom stereocenters. The molecule has 100 valence electrons. The van der Waals surface area contributed by atoms with E-state index in [0.717, 1.165) is 19.3 Å². The molecule has 0 aliphatic rings. The quantitative estimate of drug-likeness (QED) is 0.762. The van der Waals surface area contributed by atoms with Gasteiger partial charge in [-0.05, 0) is 62.3 Å². The van der Waals surface area contributed by atoms with Crippen LogP contribution in [-0.4, -0.2) is 17.1 Å². The second-order valence-electron chi connectivity index (χ2n) is 5.05. The third-order valence-electron chi connectivity index (χ3n) is 3.48. The van der Waals surface area contributed by atoms with Gasteiger partial charge in [0.2, 0.25) is 0 Å². The fraction of sp³-hybridized carbons (Fsp3) is 0.533. The summed E-state index contributed by atoms with van der Waals surface area (Å²) in [6, 6.07) is 3.74. The summed E-state index contributed by atoms with van der Waals surface area (Å²) < 4.78 is 0. The highest BCUT2D eigenvalue weighted by Gasteiger charge is 2.10. The summed E-state index contributed by atoms with van der Waals surface area (Å²) in [5, 5.41) is 8.68. The van der Waals surface area contributed by atoms with E-state index in [0.29, 0.717) is 6.42 Å². The van der Waals surface area contributed by atoms with Gasteiger partial charge in [0.05, 0.1) is 0 Å². The van der Waals surface area contributed by atoms with E-state index >= 15 is 0 Å². The van der Waals surface area contributed by atoms with Gasteiger partial charge in [-0.1, -0.05) is 18.6 Å². The minimum atomic E-state index is -0.905. The Balaban J connectivity index is 2.45. The first-order valence-electron chi connectivity index (χ1n) is 6.47. The van der Waals surface area contributed by atoms with E-state index < -0.39 is 12.0 Å². The lowest BCUT2D eigenvalue weighted by molar-refractivity contribution is -0.138. The van der Waals surface area contributed by atoms with E-state index in [9.17, 15) is 4.79 Å². The van der Waals surface area contributed by atoms with Crippen LogP contribution in [0, 0.1) is 20.8 Å². The topological polar surface area (TPSA) is 63.3 Å². The fourth-order valence-corrected chi connectivity index (χ4v) is 2.09. The Kier molecular flexibility index (Phi) is 5.35. The Morgan fingerprint density at radius 3 is 2.39 bits per heavy atom. The van der Waals surface area contributed by atoms with Crippen LogP contribution in [0.3, 0.4) is 0 Å². The lowest BCUT2D eigenvalue weighted by atomic mass is 9.96. The molecule has 0 fully saturated rings. The van der Waals surface area contributed by atoms with Crippen molar-refractivity contribution in [2.24, 2.45) is 5.73 Å². The van der Waals surface area contributed by atoms with Gasteiger partial charge >= 0.3 is 5.97 Å². The van der Waals surface area contributed by atoms with Crippen LogP contribution in [0.25, 0.3) is 0 Å². The average Bonchev–Trinajstić information content (AvgIpc) is 2.30. The van der Waals surface area contributed by atoms with Gasteiger partial charge in [0.1, 0.15) is 6.04 Å². The smallest absolute Gasteiger partial charge is 0.320 e. The zero-order valence-electron chi connectivity index (χ0n) is 11.5. The molecule has 0 radical (unpaired) electrons. The Labute approximate surface area is 109 Å². The van der Waals surface area contributed by atoms with Crippen molar-refractivity contribution in [3.63, 3.8) is 0 Å². The Bertz CT molecular complexity index is 427. The van der Waals surface area contributed by atoms with Crippen LogP contribution in [0.4, 0.5) is 0 Å². The number of rotatable bonds is 6. The highest BCUT2D eigenvalue weighted by molar-refractivity contribution is 5.72. The van der Waals surface area contributed by atoms with Crippen LogP contribution in [0.2, 0.25) is 0 Å². The third-order valence-corrected chi connectivity index (χ3v) is 3.48. The molecule has 0 aliphatic heterocycles. The van der Waals surface area contributed by atoms with Crippen LogP contribution in [0.15, 0.2) is 12.1 Å². The highest BCUT2D eigenvalue weighted by atomic mass is 16.4. The molecule has 0 spiro atoms. The van der Waals surface area contributed by atoms with E-state index in [1.807, 2.05) is 0 Å². The number of hydrogen-bond acceptors (Lipinski definition) is 2. The van der Waals surface area contributed by atoms with E-state index in [1.165, 1.54) is 22.3 Å². The van der Waals surface area contributed by atoms with Gasteiger partial charge < -0.3 is 10.8 Å². The standard InChI is InChI=1S/C15H23NO2/c1-10-8-12(3)13(9-11(10)2)6-4-5-7-14(16)15(17)18/h8-9,14H,4-7,16H2,1-3H3,(H,17,18). The van der Waals surface area contributed by atoms with Gasteiger partial charge in [-0.2, -0.15) is 0 Å². The molecule has 0 aliphatic carbocycles. The Morgan fingerprint density at radius 2 is 1.78 bits per heavy atom. The van der Waals surface area contributed by atoms with Crippen molar-refractivity contribution in [1.29, 1.82) is 0 Å². The molecule has 0 bridgehead atoms. The Morgan fingerprint density at radius 1 is 1.17 bits per heavy atom. The molecule has 3 nitrogen and oxygen atoms in total. The molecule has 0 aromatic heterocycles. The second kappa shape index (κ2) is 6.55. The largest absolute Gasteiger partial charge is 0.480 e. The number of carboxylic acids is 1. The number of carbonyl (C=O) groups is 1. The van der Waals surface area contributed by atoms with E-state index in [-0.39, 0.29) is 0 Å². The molecule has 1 aromatic rings. The zero-order chi connectivity index (χ0) is 13.7. The van der Waals surface area contributed by atoms with Gasteiger partial charge in [-0.3, -0.25) is 4.79 Å². The second-order valence-corrected chi connectivity index (χ2v) is 5.05. The van der Waals surface area contributed by atoms with E-state index in [2.05, 4.69) is 32.9 Å². The summed E-state index contributed by atoms with van der Waals surface area (Å²) >= 11 is 0. The van der Waals surface area contributed by atoms with Gasteiger partial charge in [0.25, 0.3) is 0 Å². The molecule has 0 amide bonds. The SMILES string of the molecule is Cc1cc(C)c(CCCCC(N)C(=O)O)cc1C. The maximum Gasteiger partial charge on any atom is 0.320 e. The molecule has 1 unspecified atom stereocenters. The average molecular weight is 249 g/mol. The molecule has 1 aromatic carbocycles. The third kappa shape index (κ3) is 4.15. The lowest BCUT2D eigenvalue weighted by Crippen LogP contribution is -2.29. The van der Waals surface area contributed by atoms with Crippen molar-refractivity contribution in [3.8, 4) is 0 Å². The first-order valence-corrected chi connectivity index (χ1v) is 6.47. The Hall–Kier alpha value is -1.35. The van der Waals surface area contributed by atoms with Crippen LogP contribution in [0.5, 0.6) is 0 Å². The predicted molar refractivity (Wildman–Crippen MR) is 73.8 cm³/mol. The summed E-state index contributed by atoms with van der Waals surface area (Å²) in [6.07, 6.45) is 3.41. The van der Waals surface area contributed by atoms with Crippen molar-refractivity contribution in [3.05, 3.63) is 34.4 Å². The molecular formula is C15H23NO2. The number of unbranched alkanes of at least 4 members (excludes halogenated alkanes) is 1. The normalized spacial score (nSPS) is 12.4.